The van der Waals surface area contributed by atoms with E-state index in [2.05, 4.69) is 15.7 Å². The van der Waals surface area contributed by atoms with Crippen molar-refractivity contribution < 1.29 is 27.9 Å². The van der Waals surface area contributed by atoms with Crippen LogP contribution in [0.3, 0.4) is 0 Å². The maximum atomic E-state index is 13.5. The molecule has 150 valence electrons. The molecule has 2 amide bonds. The number of ether oxygens (including phenoxy) is 1. The molecule has 1 atom stereocenters. The summed E-state index contributed by atoms with van der Waals surface area (Å²) in [5.74, 6) is -4.25. The summed E-state index contributed by atoms with van der Waals surface area (Å²) in [5, 5.41) is 8.96. The number of carbonyl (C=O) groups is 3. The van der Waals surface area contributed by atoms with E-state index in [-0.39, 0.29) is 0 Å². The molecule has 28 heavy (non-hydrogen) atoms. The highest BCUT2D eigenvalue weighted by Crippen LogP contribution is 2.18. The Balaban J connectivity index is 1.88. The molecule has 10 heteroatoms. The van der Waals surface area contributed by atoms with Crippen LogP contribution in [0.5, 0.6) is 0 Å². The monoisotopic (exact) mass is 394 g/mol. The number of nitrogens with one attached hydrogen (secondary N) is 2. The molecule has 0 radical (unpaired) electrons. The summed E-state index contributed by atoms with van der Waals surface area (Å²) >= 11 is 0. The number of aromatic nitrogens is 2. The third kappa shape index (κ3) is 4.90. The Morgan fingerprint density at radius 3 is 2.50 bits per heavy atom. The van der Waals surface area contributed by atoms with Crippen LogP contribution in [0.15, 0.2) is 18.2 Å². The van der Waals surface area contributed by atoms with Crippen LogP contribution in [0.1, 0.15) is 28.7 Å². The van der Waals surface area contributed by atoms with Crippen molar-refractivity contribution in [3.05, 3.63) is 46.8 Å². The fraction of sp³-hybridized carbons (Fsp3) is 0.333. The Morgan fingerprint density at radius 1 is 1.25 bits per heavy atom. The highest BCUT2D eigenvalue weighted by atomic mass is 19.1. The highest BCUT2D eigenvalue weighted by molar-refractivity contribution is 5.97. The lowest BCUT2D eigenvalue weighted by Gasteiger charge is -2.14. The van der Waals surface area contributed by atoms with Gasteiger partial charge in [0, 0.05) is 13.1 Å². The molecule has 0 bridgehead atoms. The molecule has 0 aliphatic carbocycles. The van der Waals surface area contributed by atoms with Crippen molar-refractivity contribution >= 4 is 23.5 Å². The van der Waals surface area contributed by atoms with Gasteiger partial charge in [0.25, 0.3) is 11.8 Å². The largest absolute Gasteiger partial charge is 0.451 e. The molecule has 8 nitrogen and oxygen atoms in total. The number of amides is 2. The number of hydrogen-bond donors (Lipinski definition) is 2. The minimum absolute atomic E-state index is 0.414. The Morgan fingerprint density at radius 2 is 1.93 bits per heavy atom. The summed E-state index contributed by atoms with van der Waals surface area (Å²) in [6.07, 6.45) is -1.13. The number of hydrogen-bond acceptors (Lipinski definition) is 5. The molecule has 1 aromatic carbocycles. The predicted molar refractivity (Wildman–Crippen MR) is 95.6 cm³/mol. The van der Waals surface area contributed by atoms with Crippen molar-refractivity contribution in [3.63, 3.8) is 0 Å². The second kappa shape index (κ2) is 8.59. The van der Waals surface area contributed by atoms with Gasteiger partial charge in [-0.2, -0.15) is 5.10 Å². The van der Waals surface area contributed by atoms with Crippen LogP contribution in [0.4, 0.5) is 14.5 Å². The number of halogens is 2. The van der Waals surface area contributed by atoms with Crippen molar-refractivity contribution in [1.82, 2.24) is 15.1 Å². The molecule has 0 saturated heterocycles. The smallest absolute Gasteiger partial charge is 0.326 e. The third-order valence-electron chi connectivity index (χ3n) is 4.00. The van der Waals surface area contributed by atoms with Gasteiger partial charge < -0.3 is 15.4 Å². The van der Waals surface area contributed by atoms with E-state index in [1.165, 1.54) is 6.92 Å². The summed E-state index contributed by atoms with van der Waals surface area (Å²) in [7, 11) is 1.73. The van der Waals surface area contributed by atoms with Crippen LogP contribution in [-0.2, 0) is 21.4 Å². The first-order valence-corrected chi connectivity index (χ1v) is 8.34. The van der Waals surface area contributed by atoms with Gasteiger partial charge in [0.15, 0.2) is 6.10 Å². The minimum atomic E-state index is -1.13. The summed E-state index contributed by atoms with van der Waals surface area (Å²) < 4.78 is 33.0. The highest BCUT2D eigenvalue weighted by Gasteiger charge is 2.21. The van der Waals surface area contributed by atoms with Crippen LogP contribution in [0, 0.1) is 25.5 Å². The van der Waals surface area contributed by atoms with E-state index < -0.39 is 47.6 Å². The molecule has 1 heterocycles. The quantitative estimate of drug-likeness (QED) is 0.725. The molecular weight excluding hydrogens is 374 g/mol. The van der Waals surface area contributed by atoms with Gasteiger partial charge in [-0.15, -0.1) is 0 Å². The number of rotatable bonds is 6. The number of carbonyl (C=O) groups excluding carboxylic acids is 3. The van der Waals surface area contributed by atoms with Gasteiger partial charge in [0.05, 0.1) is 22.6 Å². The fourth-order valence-electron chi connectivity index (χ4n) is 2.39. The van der Waals surface area contributed by atoms with Crippen LogP contribution in [0.2, 0.25) is 0 Å². The van der Waals surface area contributed by atoms with Gasteiger partial charge in [-0.1, -0.05) is 0 Å². The Bertz CT molecular complexity index is 927. The lowest BCUT2D eigenvalue weighted by Crippen LogP contribution is -2.36. The summed E-state index contributed by atoms with van der Waals surface area (Å²) in [4.78, 5) is 35.9. The normalized spacial score (nSPS) is 11.6. The summed E-state index contributed by atoms with van der Waals surface area (Å²) in [6.45, 7) is 4.29. The zero-order valence-corrected chi connectivity index (χ0v) is 15.8. The average Bonchev–Trinajstić information content (AvgIpc) is 2.85. The predicted octanol–water partition coefficient (Wildman–Crippen LogP) is 1.62. The Labute approximate surface area is 159 Å². The Kier molecular flexibility index (Phi) is 6.45. The van der Waals surface area contributed by atoms with Crippen LogP contribution in [-0.4, -0.2) is 40.2 Å². The van der Waals surface area contributed by atoms with E-state index in [4.69, 9.17) is 4.74 Å². The van der Waals surface area contributed by atoms with Gasteiger partial charge in [0.2, 0.25) is 0 Å². The molecule has 2 rings (SSSR count). The number of nitrogens with zero attached hydrogens (tertiary/aromatic N) is 2. The number of esters is 1. The molecule has 2 aromatic rings. The second-order valence-electron chi connectivity index (χ2n) is 6.10. The Hall–Kier alpha value is -3.30. The van der Waals surface area contributed by atoms with Crippen LogP contribution < -0.4 is 10.6 Å². The van der Waals surface area contributed by atoms with E-state index in [1.54, 1.807) is 25.6 Å². The topological polar surface area (TPSA) is 102 Å². The van der Waals surface area contributed by atoms with Gasteiger partial charge in [-0.25, -0.2) is 8.78 Å². The zero-order valence-electron chi connectivity index (χ0n) is 15.8. The third-order valence-corrected chi connectivity index (χ3v) is 4.00. The van der Waals surface area contributed by atoms with E-state index >= 15 is 0 Å². The van der Waals surface area contributed by atoms with Gasteiger partial charge >= 0.3 is 5.97 Å². The van der Waals surface area contributed by atoms with Gasteiger partial charge in [-0.05, 0) is 32.9 Å². The fourth-order valence-corrected chi connectivity index (χ4v) is 2.39. The molecule has 0 fully saturated rings. The van der Waals surface area contributed by atoms with E-state index in [1.807, 2.05) is 0 Å². The van der Waals surface area contributed by atoms with Gasteiger partial charge in [0.1, 0.15) is 18.2 Å². The average molecular weight is 394 g/mol. The van der Waals surface area contributed by atoms with Gasteiger partial charge in [-0.3, -0.25) is 19.1 Å². The standard InChI is InChI=1S/C18H20F2N4O4/c1-9-16(10(2)24(4)23-9)22-17(26)11(3)28-15(25)8-21-18(27)13-6-5-12(19)7-14(13)20/h5-7,11H,8H2,1-4H3,(H,21,27)(H,22,26). The first-order chi connectivity index (χ1) is 13.1. The molecule has 2 N–H and O–H groups in total. The van der Waals surface area contributed by atoms with E-state index in [0.717, 1.165) is 17.8 Å². The van der Waals surface area contributed by atoms with Crippen molar-refractivity contribution in [2.75, 3.05) is 11.9 Å². The number of anilines is 1. The lowest BCUT2D eigenvalue weighted by molar-refractivity contribution is -0.152. The van der Waals surface area contributed by atoms with E-state index in [0.29, 0.717) is 17.4 Å². The maximum Gasteiger partial charge on any atom is 0.326 e. The second-order valence-corrected chi connectivity index (χ2v) is 6.10. The molecule has 0 aliphatic heterocycles. The van der Waals surface area contributed by atoms with Crippen LogP contribution >= 0.6 is 0 Å². The molecule has 0 saturated carbocycles. The summed E-state index contributed by atoms with van der Waals surface area (Å²) in [6, 6.07) is 2.44. The van der Waals surface area contributed by atoms with Crippen molar-refractivity contribution in [2.45, 2.75) is 26.9 Å². The van der Waals surface area contributed by atoms with Crippen LogP contribution in [0.25, 0.3) is 0 Å². The lowest BCUT2D eigenvalue weighted by atomic mass is 10.2. The number of benzene rings is 1. The molecule has 0 aliphatic rings. The molecule has 1 unspecified atom stereocenters. The first-order valence-electron chi connectivity index (χ1n) is 8.34. The minimum Gasteiger partial charge on any atom is -0.451 e. The zero-order chi connectivity index (χ0) is 21.0. The SMILES string of the molecule is Cc1nn(C)c(C)c1NC(=O)C(C)OC(=O)CNC(=O)c1ccc(F)cc1F. The summed E-state index contributed by atoms with van der Waals surface area (Å²) in [5.41, 5.74) is 1.46. The molecular formula is C18H20F2N4O4. The number of aryl methyl sites for hydroxylation is 2. The van der Waals surface area contributed by atoms with Crippen molar-refractivity contribution in [3.8, 4) is 0 Å². The molecule has 0 spiro atoms. The van der Waals surface area contributed by atoms with Crippen molar-refractivity contribution in [2.24, 2.45) is 7.05 Å². The maximum absolute atomic E-state index is 13.5. The van der Waals surface area contributed by atoms with Crippen molar-refractivity contribution in [1.29, 1.82) is 0 Å². The molecule has 1 aromatic heterocycles. The van der Waals surface area contributed by atoms with E-state index in [9.17, 15) is 23.2 Å². The first kappa shape index (κ1) is 21.0.